The van der Waals surface area contributed by atoms with Crippen molar-refractivity contribution in [3.8, 4) is 6.07 Å². The topological polar surface area (TPSA) is 50.6 Å². The molecule has 0 unspecified atom stereocenters. The van der Waals surface area contributed by atoms with Crippen LogP contribution in [-0.2, 0) is 0 Å². The molecule has 1 atom stereocenters. The van der Waals surface area contributed by atoms with E-state index in [0.29, 0.717) is 23.7 Å². The third kappa shape index (κ3) is 4.80. The van der Waals surface area contributed by atoms with Gasteiger partial charge in [-0.2, -0.15) is 5.26 Å². The summed E-state index contributed by atoms with van der Waals surface area (Å²) in [5.74, 6) is 0.0249. The maximum absolute atomic E-state index is 13.0. The Bertz CT molecular complexity index is 593. The molecule has 1 aliphatic heterocycles. The predicted molar refractivity (Wildman–Crippen MR) is 95.9 cm³/mol. The summed E-state index contributed by atoms with van der Waals surface area (Å²) in [7, 11) is 4.04. The molecular weight excluding hydrogens is 300 g/mol. The zero-order valence-electron chi connectivity index (χ0n) is 15.0. The minimum absolute atomic E-state index is 0.0249. The SMILES string of the molecule is CCN1CCC[C@@H]1CN(CCN(C)C)C(=O)c1cccc(C#N)c1. The van der Waals surface area contributed by atoms with Crippen LogP contribution >= 0.6 is 0 Å². The average Bonchev–Trinajstić information content (AvgIpc) is 3.05. The Morgan fingerprint density at radius 1 is 1.38 bits per heavy atom. The van der Waals surface area contributed by atoms with E-state index in [1.807, 2.05) is 19.0 Å². The molecule has 0 aliphatic carbocycles. The number of benzene rings is 1. The van der Waals surface area contributed by atoms with Crippen molar-refractivity contribution in [2.24, 2.45) is 0 Å². The average molecular weight is 328 g/mol. The van der Waals surface area contributed by atoms with Crippen molar-refractivity contribution in [3.05, 3.63) is 35.4 Å². The number of carbonyl (C=O) groups excluding carboxylic acids is 1. The maximum atomic E-state index is 13.0. The summed E-state index contributed by atoms with van der Waals surface area (Å²) in [6.07, 6.45) is 2.36. The Labute approximate surface area is 145 Å². The van der Waals surface area contributed by atoms with Crippen molar-refractivity contribution in [1.82, 2.24) is 14.7 Å². The summed E-state index contributed by atoms with van der Waals surface area (Å²) >= 11 is 0. The zero-order chi connectivity index (χ0) is 17.5. The first-order valence-corrected chi connectivity index (χ1v) is 8.73. The van der Waals surface area contributed by atoms with Crippen molar-refractivity contribution in [2.75, 3.05) is 46.8 Å². The van der Waals surface area contributed by atoms with Crippen LogP contribution in [0, 0.1) is 11.3 Å². The molecule has 0 saturated carbocycles. The second-order valence-electron chi connectivity index (χ2n) is 6.67. The number of rotatable bonds is 7. The van der Waals surface area contributed by atoms with E-state index in [4.69, 9.17) is 5.26 Å². The number of nitriles is 1. The number of likely N-dealkylation sites (N-methyl/N-ethyl adjacent to an activating group) is 2. The fraction of sp³-hybridized carbons (Fsp3) is 0.579. The van der Waals surface area contributed by atoms with Gasteiger partial charge in [-0.05, 0) is 58.2 Å². The van der Waals surface area contributed by atoms with Crippen LogP contribution in [0.4, 0.5) is 0 Å². The van der Waals surface area contributed by atoms with Crippen LogP contribution in [0.5, 0.6) is 0 Å². The molecule has 1 aromatic rings. The van der Waals surface area contributed by atoms with Gasteiger partial charge in [0, 0.05) is 31.2 Å². The molecule has 1 aliphatic rings. The number of likely N-dealkylation sites (tertiary alicyclic amines) is 1. The molecule has 0 radical (unpaired) electrons. The van der Waals surface area contributed by atoms with Crippen molar-refractivity contribution in [2.45, 2.75) is 25.8 Å². The number of hydrogen-bond acceptors (Lipinski definition) is 4. The van der Waals surface area contributed by atoms with E-state index in [1.165, 1.54) is 6.42 Å². The van der Waals surface area contributed by atoms with E-state index < -0.39 is 0 Å². The van der Waals surface area contributed by atoms with Crippen molar-refractivity contribution >= 4 is 5.91 Å². The number of nitrogens with zero attached hydrogens (tertiary/aromatic N) is 4. The first-order chi connectivity index (χ1) is 11.5. The van der Waals surface area contributed by atoms with Gasteiger partial charge in [0.05, 0.1) is 11.6 Å². The molecule has 0 N–H and O–H groups in total. The van der Waals surface area contributed by atoms with Gasteiger partial charge >= 0.3 is 0 Å². The molecule has 2 rings (SSSR count). The molecule has 5 heteroatoms. The molecule has 130 valence electrons. The zero-order valence-corrected chi connectivity index (χ0v) is 15.0. The summed E-state index contributed by atoms with van der Waals surface area (Å²) in [5, 5.41) is 9.07. The van der Waals surface area contributed by atoms with Gasteiger partial charge in [0.1, 0.15) is 0 Å². The quantitative estimate of drug-likeness (QED) is 0.769. The Morgan fingerprint density at radius 3 is 2.83 bits per heavy atom. The third-order valence-corrected chi connectivity index (χ3v) is 4.68. The second kappa shape index (κ2) is 8.81. The van der Waals surface area contributed by atoms with E-state index in [1.54, 1.807) is 24.3 Å². The molecule has 24 heavy (non-hydrogen) atoms. The fourth-order valence-corrected chi connectivity index (χ4v) is 3.27. The van der Waals surface area contributed by atoms with E-state index in [-0.39, 0.29) is 5.91 Å². The number of amides is 1. The Balaban J connectivity index is 2.14. The monoisotopic (exact) mass is 328 g/mol. The van der Waals surface area contributed by atoms with Gasteiger partial charge in [0.2, 0.25) is 0 Å². The summed E-state index contributed by atoms with van der Waals surface area (Å²) in [6.45, 7) is 6.64. The molecule has 1 amide bonds. The predicted octanol–water partition coefficient (Wildman–Crippen LogP) is 2.05. The first-order valence-electron chi connectivity index (χ1n) is 8.73. The molecule has 1 saturated heterocycles. The van der Waals surface area contributed by atoms with Crippen LogP contribution in [0.1, 0.15) is 35.7 Å². The molecular formula is C19H28N4O. The summed E-state index contributed by atoms with van der Waals surface area (Å²) < 4.78 is 0. The lowest BCUT2D eigenvalue weighted by atomic mass is 10.1. The highest BCUT2D eigenvalue weighted by molar-refractivity contribution is 5.94. The summed E-state index contributed by atoms with van der Waals surface area (Å²) in [5.41, 5.74) is 1.14. The lowest BCUT2D eigenvalue weighted by Gasteiger charge is -2.31. The molecule has 1 heterocycles. The van der Waals surface area contributed by atoms with E-state index >= 15 is 0 Å². The number of carbonyl (C=O) groups is 1. The van der Waals surface area contributed by atoms with Crippen LogP contribution in [0.2, 0.25) is 0 Å². The van der Waals surface area contributed by atoms with Crippen molar-refractivity contribution in [1.29, 1.82) is 5.26 Å². The molecule has 1 aromatic carbocycles. The van der Waals surface area contributed by atoms with Gasteiger partial charge in [0.15, 0.2) is 0 Å². The van der Waals surface area contributed by atoms with Crippen molar-refractivity contribution < 1.29 is 4.79 Å². The normalized spacial score (nSPS) is 17.9. The van der Waals surface area contributed by atoms with Crippen LogP contribution in [-0.4, -0.2) is 73.5 Å². The van der Waals surface area contributed by atoms with E-state index in [0.717, 1.165) is 32.6 Å². The van der Waals surface area contributed by atoms with Crippen LogP contribution in [0.25, 0.3) is 0 Å². The lowest BCUT2D eigenvalue weighted by molar-refractivity contribution is 0.0694. The Hall–Kier alpha value is -1.90. The van der Waals surface area contributed by atoms with Crippen LogP contribution in [0.15, 0.2) is 24.3 Å². The minimum Gasteiger partial charge on any atom is -0.336 e. The molecule has 0 bridgehead atoms. The van der Waals surface area contributed by atoms with Gasteiger partial charge < -0.3 is 9.80 Å². The van der Waals surface area contributed by atoms with Gasteiger partial charge in [-0.25, -0.2) is 0 Å². The van der Waals surface area contributed by atoms with E-state index in [2.05, 4.69) is 22.8 Å². The molecule has 0 spiro atoms. The molecule has 0 aromatic heterocycles. The van der Waals surface area contributed by atoms with Crippen LogP contribution in [0.3, 0.4) is 0 Å². The Morgan fingerprint density at radius 2 is 2.17 bits per heavy atom. The second-order valence-corrected chi connectivity index (χ2v) is 6.67. The highest BCUT2D eigenvalue weighted by atomic mass is 16.2. The summed E-state index contributed by atoms with van der Waals surface area (Å²) in [6, 6.07) is 9.57. The third-order valence-electron chi connectivity index (χ3n) is 4.68. The lowest BCUT2D eigenvalue weighted by Crippen LogP contribution is -2.45. The van der Waals surface area contributed by atoms with Gasteiger partial charge in [-0.1, -0.05) is 13.0 Å². The smallest absolute Gasteiger partial charge is 0.253 e. The van der Waals surface area contributed by atoms with Gasteiger partial charge in [-0.3, -0.25) is 9.69 Å². The highest BCUT2D eigenvalue weighted by Gasteiger charge is 2.27. The van der Waals surface area contributed by atoms with E-state index in [9.17, 15) is 4.79 Å². The molecule has 1 fully saturated rings. The van der Waals surface area contributed by atoms with Gasteiger partial charge in [0.25, 0.3) is 5.91 Å². The Kier molecular flexibility index (Phi) is 6.77. The van der Waals surface area contributed by atoms with Crippen molar-refractivity contribution in [3.63, 3.8) is 0 Å². The maximum Gasteiger partial charge on any atom is 0.253 e. The largest absolute Gasteiger partial charge is 0.336 e. The summed E-state index contributed by atoms with van der Waals surface area (Å²) in [4.78, 5) is 19.5. The molecule has 5 nitrogen and oxygen atoms in total. The van der Waals surface area contributed by atoms with Crippen LogP contribution < -0.4 is 0 Å². The standard InChI is InChI=1S/C19H28N4O/c1-4-22-10-6-9-18(22)15-23(12-11-21(2)3)19(24)17-8-5-7-16(13-17)14-20/h5,7-8,13,18H,4,6,9-12,15H2,1-3H3/t18-/m1/s1. The fourth-order valence-electron chi connectivity index (χ4n) is 3.27. The minimum atomic E-state index is 0.0249. The highest BCUT2D eigenvalue weighted by Crippen LogP contribution is 2.19. The first kappa shape index (κ1) is 18.4. The van der Waals surface area contributed by atoms with Gasteiger partial charge in [-0.15, -0.1) is 0 Å². The number of hydrogen-bond donors (Lipinski definition) is 0.